The van der Waals surface area contributed by atoms with Gasteiger partial charge >= 0.3 is 0 Å². The van der Waals surface area contributed by atoms with E-state index in [0.29, 0.717) is 0 Å². The number of hydrazine groups is 1. The molecule has 0 amide bonds. The van der Waals surface area contributed by atoms with E-state index in [-0.39, 0.29) is 0 Å². The summed E-state index contributed by atoms with van der Waals surface area (Å²) < 4.78 is 0. The second-order valence-corrected chi connectivity index (χ2v) is 3.58. The van der Waals surface area contributed by atoms with Gasteiger partial charge in [-0.15, -0.1) is 0 Å². The van der Waals surface area contributed by atoms with Crippen molar-refractivity contribution in [3.05, 3.63) is 0 Å². The van der Waals surface area contributed by atoms with E-state index in [1.54, 1.807) is 0 Å². The van der Waals surface area contributed by atoms with Gasteiger partial charge in [0, 0.05) is 26.2 Å². The molecule has 3 heteroatoms. The Bertz CT molecular complexity index is 108. The Kier molecular flexibility index (Phi) is 4.58. The second-order valence-electron chi connectivity index (χ2n) is 3.58. The van der Waals surface area contributed by atoms with Crippen molar-refractivity contribution in [3.8, 4) is 0 Å². The maximum atomic E-state index is 5.66. The molecule has 0 radical (unpaired) electrons. The van der Waals surface area contributed by atoms with Gasteiger partial charge in [0.05, 0.1) is 0 Å². The number of hydrogen-bond donors (Lipinski definition) is 1. The van der Waals surface area contributed by atoms with E-state index < -0.39 is 0 Å². The topological polar surface area (TPSA) is 32.5 Å². The molecule has 0 aromatic heterocycles. The molecule has 0 saturated carbocycles. The molecule has 1 aliphatic rings. The van der Waals surface area contributed by atoms with E-state index in [2.05, 4.69) is 11.8 Å². The van der Waals surface area contributed by atoms with Crippen molar-refractivity contribution in [2.75, 3.05) is 32.7 Å². The molecule has 0 unspecified atom stereocenters. The summed E-state index contributed by atoms with van der Waals surface area (Å²) in [6.07, 6.45) is 4.03. The van der Waals surface area contributed by atoms with Crippen LogP contribution in [0, 0.1) is 0 Å². The van der Waals surface area contributed by atoms with Crippen LogP contribution in [0.15, 0.2) is 0 Å². The molecule has 72 valence electrons. The molecule has 0 bridgehead atoms. The zero-order chi connectivity index (χ0) is 8.81. The third-order valence-electron chi connectivity index (χ3n) is 2.48. The third kappa shape index (κ3) is 3.52. The summed E-state index contributed by atoms with van der Waals surface area (Å²) >= 11 is 0. The van der Waals surface area contributed by atoms with Gasteiger partial charge in [0.1, 0.15) is 0 Å². The van der Waals surface area contributed by atoms with Crippen LogP contribution < -0.4 is 5.84 Å². The van der Waals surface area contributed by atoms with Crippen LogP contribution in [0.5, 0.6) is 0 Å². The fraction of sp³-hybridized carbons (Fsp3) is 1.00. The van der Waals surface area contributed by atoms with Crippen LogP contribution in [0.1, 0.15) is 26.2 Å². The van der Waals surface area contributed by atoms with E-state index in [4.69, 9.17) is 5.84 Å². The summed E-state index contributed by atoms with van der Waals surface area (Å²) in [7, 11) is 0. The van der Waals surface area contributed by atoms with Crippen molar-refractivity contribution in [3.63, 3.8) is 0 Å². The first-order chi connectivity index (χ1) is 5.83. The Labute approximate surface area is 75.5 Å². The summed E-state index contributed by atoms with van der Waals surface area (Å²) in [5.41, 5.74) is 0. The lowest BCUT2D eigenvalue weighted by Gasteiger charge is -2.31. The Morgan fingerprint density at radius 1 is 1.08 bits per heavy atom. The highest BCUT2D eigenvalue weighted by molar-refractivity contribution is 4.67. The first kappa shape index (κ1) is 9.96. The largest absolute Gasteiger partial charge is 0.301 e. The first-order valence-corrected chi connectivity index (χ1v) is 5.05. The monoisotopic (exact) mass is 171 g/mol. The first-order valence-electron chi connectivity index (χ1n) is 5.05. The van der Waals surface area contributed by atoms with Gasteiger partial charge in [0.2, 0.25) is 0 Å². The van der Waals surface area contributed by atoms with E-state index in [9.17, 15) is 0 Å². The number of nitrogens with two attached hydrogens (primary N) is 1. The molecule has 3 nitrogen and oxygen atoms in total. The predicted molar refractivity (Wildman–Crippen MR) is 51.7 cm³/mol. The van der Waals surface area contributed by atoms with Crippen molar-refractivity contribution in [1.29, 1.82) is 0 Å². The molecule has 1 saturated heterocycles. The number of unbranched alkanes of at least 4 members (excludes halogenated alkanes) is 2. The minimum Gasteiger partial charge on any atom is -0.301 e. The van der Waals surface area contributed by atoms with Crippen molar-refractivity contribution in [2.45, 2.75) is 26.2 Å². The van der Waals surface area contributed by atoms with Gasteiger partial charge in [-0.3, -0.25) is 5.84 Å². The molecular formula is C9H21N3. The smallest absolute Gasteiger partial charge is 0.0257 e. The fourth-order valence-electron chi connectivity index (χ4n) is 1.57. The molecule has 12 heavy (non-hydrogen) atoms. The number of hydrogen-bond acceptors (Lipinski definition) is 3. The van der Waals surface area contributed by atoms with Crippen molar-refractivity contribution in [2.24, 2.45) is 5.84 Å². The van der Waals surface area contributed by atoms with Crippen molar-refractivity contribution >= 4 is 0 Å². The van der Waals surface area contributed by atoms with Crippen LogP contribution in [0.4, 0.5) is 0 Å². The van der Waals surface area contributed by atoms with E-state index in [1.807, 2.05) is 5.01 Å². The fourth-order valence-corrected chi connectivity index (χ4v) is 1.57. The van der Waals surface area contributed by atoms with Gasteiger partial charge in [-0.25, -0.2) is 5.01 Å². The van der Waals surface area contributed by atoms with Crippen LogP contribution in [-0.4, -0.2) is 42.6 Å². The molecule has 0 aliphatic carbocycles. The predicted octanol–water partition coefficient (Wildman–Crippen LogP) is 0.668. The third-order valence-corrected chi connectivity index (χ3v) is 2.48. The molecule has 1 heterocycles. The van der Waals surface area contributed by atoms with Gasteiger partial charge in [0.15, 0.2) is 0 Å². The Morgan fingerprint density at radius 3 is 2.33 bits per heavy atom. The number of piperazine rings is 1. The lowest BCUT2D eigenvalue weighted by atomic mass is 10.2. The summed E-state index contributed by atoms with van der Waals surface area (Å²) in [5.74, 6) is 5.66. The molecular weight excluding hydrogens is 150 g/mol. The van der Waals surface area contributed by atoms with Gasteiger partial charge in [0.25, 0.3) is 0 Å². The van der Waals surface area contributed by atoms with Crippen molar-refractivity contribution in [1.82, 2.24) is 9.91 Å². The standard InChI is InChI=1S/C9H21N3/c1-2-3-4-5-11-6-8-12(10)9-7-11/h2-10H2,1H3. The Balaban J connectivity index is 2.01. The maximum Gasteiger partial charge on any atom is 0.0257 e. The minimum atomic E-state index is 1.03. The van der Waals surface area contributed by atoms with Crippen LogP contribution in [-0.2, 0) is 0 Å². The summed E-state index contributed by atoms with van der Waals surface area (Å²) in [5, 5.41) is 1.91. The molecule has 0 atom stereocenters. The molecule has 1 aliphatic heterocycles. The molecule has 0 aromatic carbocycles. The van der Waals surface area contributed by atoms with Crippen molar-refractivity contribution < 1.29 is 0 Å². The summed E-state index contributed by atoms with van der Waals surface area (Å²) in [6, 6.07) is 0. The van der Waals surface area contributed by atoms with Gasteiger partial charge in [-0.1, -0.05) is 19.8 Å². The maximum absolute atomic E-state index is 5.66. The molecule has 0 spiro atoms. The van der Waals surface area contributed by atoms with Crippen LogP contribution in [0.25, 0.3) is 0 Å². The van der Waals surface area contributed by atoms with Gasteiger partial charge in [-0.05, 0) is 13.0 Å². The van der Waals surface area contributed by atoms with Gasteiger partial charge < -0.3 is 4.90 Å². The normalized spacial score (nSPS) is 21.5. The lowest BCUT2D eigenvalue weighted by Crippen LogP contribution is -2.49. The molecule has 2 N–H and O–H groups in total. The van der Waals surface area contributed by atoms with Gasteiger partial charge in [-0.2, -0.15) is 0 Å². The lowest BCUT2D eigenvalue weighted by molar-refractivity contribution is 0.132. The SMILES string of the molecule is CCCCCN1CCN(N)CC1. The van der Waals surface area contributed by atoms with Crippen LogP contribution in [0.3, 0.4) is 0 Å². The zero-order valence-corrected chi connectivity index (χ0v) is 8.13. The average Bonchev–Trinajstić information content (AvgIpc) is 2.09. The summed E-state index contributed by atoms with van der Waals surface area (Å²) in [4.78, 5) is 2.51. The van der Waals surface area contributed by atoms with Crippen LogP contribution >= 0.6 is 0 Å². The zero-order valence-electron chi connectivity index (χ0n) is 8.13. The Morgan fingerprint density at radius 2 is 1.75 bits per heavy atom. The van der Waals surface area contributed by atoms with Crippen LogP contribution in [0.2, 0.25) is 0 Å². The summed E-state index contributed by atoms with van der Waals surface area (Å²) in [6.45, 7) is 7.89. The molecule has 1 fully saturated rings. The van der Waals surface area contributed by atoms with E-state index in [1.165, 1.54) is 25.8 Å². The minimum absolute atomic E-state index is 1.03. The highest BCUT2D eigenvalue weighted by Gasteiger charge is 2.12. The second kappa shape index (κ2) is 5.51. The van der Waals surface area contributed by atoms with E-state index in [0.717, 1.165) is 26.2 Å². The highest BCUT2D eigenvalue weighted by Crippen LogP contribution is 2.01. The highest BCUT2D eigenvalue weighted by atomic mass is 15.4. The average molecular weight is 171 g/mol. The Hall–Kier alpha value is -0.120. The number of nitrogens with zero attached hydrogens (tertiary/aromatic N) is 2. The molecule has 1 rings (SSSR count). The quantitative estimate of drug-likeness (QED) is 0.498. The molecule has 0 aromatic rings. The van der Waals surface area contributed by atoms with E-state index >= 15 is 0 Å². The number of rotatable bonds is 4.